The van der Waals surface area contributed by atoms with Crippen LogP contribution in [0.5, 0.6) is 0 Å². The topological polar surface area (TPSA) is 52.0 Å². The van der Waals surface area contributed by atoms with Crippen LogP contribution in [-0.2, 0) is 15.5 Å². The Kier molecular flexibility index (Phi) is 3.66. The monoisotopic (exact) mass is 304 g/mol. The molecule has 18 heavy (non-hydrogen) atoms. The van der Waals surface area contributed by atoms with Crippen LogP contribution in [0.15, 0.2) is 35.2 Å². The molecule has 0 aliphatic rings. The lowest BCUT2D eigenvalue weighted by Crippen LogP contribution is -1.96. The van der Waals surface area contributed by atoms with Gasteiger partial charge in [-0.25, -0.2) is 13.1 Å². The van der Waals surface area contributed by atoms with Gasteiger partial charge in [0.2, 0.25) is 0 Å². The van der Waals surface area contributed by atoms with E-state index in [1.54, 1.807) is 19.1 Å². The highest BCUT2D eigenvalue weighted by Crippen LogP contribution is 2.30. The molecule has 0 saturated heterocycles. The second-order valence-corrected chi connectivity index (χ2v) is 6.47. The van der Waals surface area contributed by atoms with Crippen molar-refractivity contribution in [1.29, 1.82) is 0 Å². The van der Waals surface area contributed by atoms with Crippen molar-refractivity contribution < 1.29 is 8.42 Å². The van der Waals surface area contributed by atoms with Crippen LogP contribution in [0.2, 0.25) is 5.15 Å². The average molecular weight is 305 g/mol. The molecular formula is C11H10Cl2N2O2S. The van der Waals surface area contributed by atoms with E-state index < -0.39 is 9.05 Å². The first kappa shape index (κ1) is 13.4. The molecule has 1 heterocycles. The van der Waals surface area contributed by atoms with Gasteiger partial charge < -0.3 is 0 Å². The first-order chi connectivity index (χ1) is 8.45. The average Bonchev–Trinajstić information content (AvgIpc) is 2.67. The van der Waals surface area contributed by atoms with Gasteiger partial charge in [0.1, 0.15) is 4.90 Å². The molecule has 2 aromatic rings. The van der Waals surface area contributed by atoms with Gasteiger partial charge in [0.15, 0.2) is 5.15 Å². The van der Waals surface area contributed by atoms with E-state index in [1.807, 2.05) is 18.2 Å². The van der Waals surface area contributed by atoms with Crippen LogP contribution in [0.4, 0.5) is 0 Å². The van der Waals surface area contributed by atoms with E-state index >= 15 is 0 Å². The van der Waals surface area contributed by atoms with Crippen LogP contribution in [0.1, 0.15) is 12.6 Å². The second kappa shape index (κ2) is 4.91. The van der Waals surface area contributed by atoms with Crippen LogP contribution in [0.3, 0.4) is 0 Å². The van der Waals surface area contributed by atoms with Crippen LogP contribution in [0.25, 0.3) is 5.69 Å². The van der Waals surface area contributed by atoms with Gasteiger partial charge in [-0.05, 0) is 18.6 Å². The lowest BCUT2D eigenvalue weighted by molar-refractivity contribution is 0.608. The molecule has 0 aliphatic heterocycles. The van der Waals surface area contributed by atoms with Crippen molar-refractivity contribution in [2.75, 3.05) is 0 Å². The van der Waals surface area contributed by atoms with E-state index in [1.165, 1.54) is 4.68 Å². The molecule has 7 heteroatoms. The highest BCUT2D eigenvalue weighted by Gasteiger charge is 2.25. The lowest BCUT2D eigenvalue weighted by atomic mass is 10.3. The Bertz CT molecular complexity index is 666. The maximum Gasteiger partial charge on any atom is 0.266 e. The largest absolute Gasteiger partial charge is 0.266 e. The van der Waals surface area contributed by atoms with E-state index in [0.717, 1.165) is 0 Å². The molecule has 0 fully saturated rings. The van der Waals surface area contributed by atoms with E-state index in [2.05, 4.69) is 5.10 Å². The standard InChI is InChI=1S/C11H10Cl2N2O2S/c1-2-9-10(18(13,16)17)11(12)15(14-9)8-6-4-3-5-7-8/h3-7H,2H2,1H3. The lowest BCUT2D eigenvalue weighted by Gasteiger charge is -2.01. The van der Waals surface area contributed by atoms with Gasteiger partial charge >= 0.3 is 0 Å². The Morgan fingerprint density at radius 2 is 1.89 bits per heavy atom. The van der Waals surface area contributed by atoms with E-state index in [9.17, 15) is 8.42 Å². The molecule has 0 amide bonds. The molecule has 1 aromatic carbocycles. The molecule has 0 spiro atoms. The quantitative estimate of drug-likeness (QED) is 0.819. The first-order valence-corrected chi connectivity index (χ1v) is 7.91. The van der Waals surface area contributed by atoms with Crippen molar-refractivity contribution in [3.63, 3.8) is 0 Å². The Hall–Kier alpha value is -1.04. The summed E-state index contributed by atoms with van der Waals surface area (Å²) in [6, 6.07) is 9.04. The van der Waals surface area contributed by atoms with Crippen molar-refractivity contribution in [3.05, 3.63) is 41.2 Å². The maximum atomic E-state index is 11.5. The molecule has 96 valence electrons. The third kappa shape index (κ3) is 2.39. The SMILES string of the molecule is CCc1nn(-c2ccccc2)c(Cl)c1S(=O)(=O)Cl. The molecule has 0 bridgehead atoms. The predicted molar refractivity (Wildman–Crippen MR) is 71.0 cm³/mol. The first-order valence-electron chi connectivity index (χ1n) is 5.22. The maximum absolute atomic E-state index is 11.5. The molecule has 0 atom stereocenters. The summed E-state index contributed by atoms with van der Waals surface area (Å²) in [7, 11) is 1.48. The smallest absolute Gasteiger partial charge is 0.221 e. The van der Waals surface area contributed by atoms with E-state index in [0.29, 0.717) is 17.8 Å². The van der Waals surface area contributed by atoms with Gasteiger partial charge in [-0.1, -0.05) is 36.7 Å². The summed E-state index contributed by atoms with van der Waals surface area (Å²) in [5.41, 5.74) is 1.04. The third-order valence-corrected chi connectivity index (χ3v) is 4.28. The number of para-hydroxylation sites is 1. The second-order valence-electron chi connectivity index (χ2n) is 3.61. The summed E-state index contributed by atoms with van der Waals surface area (Å²) >= 11 is 6.06. The summed E-state index contributed by atoms with van der Waals surface area (Å²) in [6.45, 7) is 1.79. The Morgan fingerprint density at radius 1 is 1.28 bits per heavy atom. The van der Waals surface area contributed by atoms with Crippen molar-refractivity contribution in [3.8, 4) is 5.69 Å². The van der Waals surface area contributed by atoms with Crippen LogP contribution >= 0.6 is 22.3 Å². The van der Waals surface area contributed by atoms with Gasteiger partial charge in [-0.2, -0.15) is 5.10 Å². The number of rotatable bonds is 3. The third-order valence-electron chi connectivity index (χ3n) is 2.44. The van der Waals surface area contributed by atoms with E-state index in [-0.39, 0.29) is 10.0 Å². The van der Waals surface area contributed by atoms with Crippen LogP contribution in [0, 0.1) is 0 Å². The minimum atomic E-state index is -3.91. The fraction of sp³-hybridized carbons (Fsp3) is 0.182. The molecule has 0 saturated carbocycles. The van der Waals surface area contributed by atoms with Crippen molar-refractivity contribution >= 4 is 31.3 Å². The molecule has 0 N–H and O–H groups in total. The number of hydrogen-bond acceptors (Lipinski definition) is 3. The summed E-state index contributed by atoms with van der Waals surface area (Å²) in [5.74, 6) is 0. The summed E-state index contributed by atoms with van der Waals surface area (Å²) in [6.07, 6.45) is 0.431. The molecule has 2 rings (SSSR count). The predicted octanol–water partition coefficient (Wildman–Crippen LogP) is 3.02. The highest BCUT2D eigenvalue weighted by atomic mass is 35.7. The fourth-order valence-corrected chi connectivity index (χ4v) is 3.55. The summed E-state index contributed by atoms with van der Waals surface area (Å²) in [4.78, 5) is -0.114. The number of halogens is 2. The Morgan fingerprint density at radius 3 is 2.33 bits per heavy atom. The molecule has 0 aliphatic carbocycles. The summed E-state index contributed by atoms with van der Waals surface area (Å²) in [5, 5.41) is 4.19. The summed E-state index contributed by atoms with van der Waals surface area (Å²) < 4.78 is 24.4. The van der Waals surface area contributed by atoms with Crippen molar-refractivity contribution in [2.24, 2.45) is 0 Å². The molecule has 1 aromatic heterocycles. The van der Waals surface area contributed by atoms with Gasteiger partial charge in [-0.3, -0.25) is 0 Å². The van der Waals surface area contributed by atoms with Gasteiger partial charge in [0, 0.05) is 10.7 Å². The number of nitrogens with zero attached hydrogens (tertiary/aromatic N) is 2. The molecule has 0 radical (unpaired) electrons. The van der Waals surface area contributed by atoms with Crippen molar-refractivity contribution in [1.82, 2.24) is 9.78 Å². The Labute approximate surface area is 115 Å². The molecular weight excluding hydrogens is 295 g/mol. The van der Waals surface area contributed by atoms with Gasteiger partial charge in [0.05, 0.1) is 11.4 Å². The van der Waals surface area contributed by atoms with Gasteiger partial charge in [0.25, 0.3) is 9.05 Å². The normalized spacial score (nSPS) is 11.7. The number of benzene rings is 1. The minimum Gasteiger partial charge on any atom is -0.221 e. The number of aryl methyl sites for hydroxylation is 1. The zero-order valence-corrected chi connectivity index (χ0v) is 11.8. The number of aromatic nitrogens is 2. The van der Waals surface area contributed by atoms with E-state index in [4.69, 9.17) is 22.3 Å². The van der Waals surface area contributed by atoms with Gasteiger partial charge in [-0.15, -0.1) is 0 Å². The molecule has 4 nitrogen and oxygen atoms in total. The Balaban J connectivity index is 2.70. The number of hydrogen-bond donors (Lipinski definition) is 0. The zero-order chi connectivity index (χ0) is 13.3. The fourth-order valence-electron chi connectivity index (χ4n) is 1.64. The highest BCUT2D eigenvalue weighted by molar-refractivity contribution is 8.13. The zero-order valence-electron chi connectivity index (χ0n) is 9.47. The van der Waals surface area contributed by atoms with Crippen LogP contribution in [-0.4, -0.2) is 18.2 Å². The van der Waals surface area contributed by atoms with Crippen LogP contribution < -0.4 is 0 Å². The minimum absolute atomic E-state index is 0.00745. The van der Waals surface area contributed by atoms with Crippen molar-refractivity contribution in [2.45, 2.75) is 18.2 Å². The molecule has 0 unspecified atom stereocenters.